The van der Waals surface area contributed by atoms with Crippen molar-refractivity contribution in [3.63, 3.8) is 0 Å². The van der Waals surface area contributed by atoms with Gasteiger partial charge in [0, 0.05) is 6.92 Å². The van der Waals surface area contributed by atoms with E-state index in [1.165, 1.54) is 13.3 Å². The molecule has 0 N–H and O–H groups in total. The van der Waals surface area contributed by atoms with Gasteiger partial charge in [-0.1, -0.05) is 55.3 Å². The molecule has 17 heavy (non-hydrogen) atoms. The summed E-state index contributed by atoms with van der Waals surface area (Å²) in [4.78, 5) is 10.6. The van der Waals surface area contributed by atoms with Gasteiger partial charge < -0.3 is 4.74 Å². The van der Waals surface area contributed by atoms with Crippen LogP contribution in [-0.2, 0) is 9.53 Å². The van der Waals surface area contributed by atoms with Crippen LogP contribution in [0.2, 0.25) is 5.54 Å². The zero-order chi connectivity index (χ0) is 12.5. The van der Waals surface area contributed by atoms with Crippen molar-refractivity contribution in [2.24, 2.45) is 0 Å². The Bertz CT molecular complexity index is 324. The van der Waals surface area contributed by atoms with E-state index in [-0.39, 0.29) is 15.5 Å². The Morgan fingerprint density at radius 3 is 2.65 bits per heavy atom. The molecular formula is C14H22O2Si. The number of benzene rings is 1. The number of carbonyl (C=O) groups excluding carboxylic acids is 1. The third-order valence-corrected chi connectivity index (χ3v) is 4.87. The van der Waals surface area contributed by atoms with E-state index in [0.29, 0.717) is 6.61 Å². The maximum absolute atomic E-state index is 10.6. The van der Waals surface area contributed by atoms with Crippen LogP contribution in [-0.4, -0.2) is 22.1 Å². The maximum Gasteiger partial charge on any atom is 0.302 e. The smallest absolute Gasteiger partial charge is 0.302 e. The van der Waals surface area contributed by atoms with Crippen LogP contribution in [0.1, 0.15) is 33.1 Å². The van der Waals surface area contributed by atoms with E-state index in [9.17, 15) is 4.79 Å². The van der Waals surface area contributed by atoms with Crippen LogP contribution < -0.4 is 5.19 Å². The minimum atomic E-state index is -0.170. The number of unbranched alkanes of at least 4 members (excludes halogenated alkanes) is 1. The summed E-state index contributed by atoms with van der Waals surface area (Å²) in [5, 5.41) is 1.54. The van der Waals surface area contributed by atoms with Gasteiger partial charge in [0.15, 0.2) is 0 Å². The molecule has 0 spiro atoms. The van der Waals surface area contributed by atoms with Crippen LogP contribution in [0.15, 0.2) is 30.3 Å². The minimum Gasteiger partial charge on any atom is -0.466 e. The molecule has 0 bridgehead atoms. The summed E-state index contributed by atoms with van der Waals surface area (Å²) in [5.74, 6) is -0.170. The first-order chi connectivity index (χ1) is 8.18. The summed E-state index contributed by atoms with van der Waals surface area (Å²) in [7, 11) is -0.145. The topological polar surface area (TPSA) is 26.3 Å². The molecule has 0 aliphatic heterocycles. The van der Waals surface area contributed by atoms with Crippen molar-refractivity contribution in [3.05, 3.63) is 30.3 Å². The van der Waals surface area contributed by atoms with Crippen LogP contribution in [0.4, 0.5) is 0 Å². The van der Waals surface area contributed by atoms with Crippen LogP contribution in [0.5, 0.6) is 0 Å². The van der Waals surface area contributed by atoms with Crippen LogP contribution in [0, 0.1) is 0 Å². The van der Waals surface area contributed by atoms with Gasteiger partial charge in [-0.25, -0.2) is 0 Å². The van der Waals surface area contributed by atoms with Gasteiger partial charge in [-0.15, -0.1) is 0 Å². The maximum atomic E-state index is 10.6. The molecule has 94 valence electrons. The van der Waals surface area contributed by atoms with Crippen molar-refractivity contribution in [2.75, 3.05) is 6.61 Å². The highest BCUT2D eigenvalue weighted by atomic mass is 28.2. The Morgan fingerprint density at radius 1 is 1.29 bits per heavy atom. The lowest BCUT2D eigenvalue weighted by Crippen LogP contribution is -2.17. The lowest BCUT2D eigenvalue weighted by Gasteiger charge is -2.10. The average Bonchev–Trinajstić information content (AvgIpc) is 2.29. The summed E-state index contributed by atoms with van der Waals surface area (Å²) < 4.78 is 4.91. The molecule has 1 aromatic rings. The van der Waals surface area contributed by atoms with Crippen LogP contribution in [0.25, 0.3) is 0 Å². The molecule has 0 heterocycles. The molecule has 0 radical (unpaired) electrons. The van der Waals surface area contributed by atoms with Gasteiger partial charge in [-0.3, -0.25) is 4.79 Å². The van der Waals surface area contributed by atoms with Gasteiger partial charge in [0.05, 0.1) is 16.1 Å². The van der Waals surface area contributed by atoms with Gasteiger partial charge in [0.2, 0.25) is 0 Å². The van der Waals surface area contributed by atoms with Gasteiger partial charge in [-0.05, 0) is 12.0 Å². The molecule has 1 unspecified atom stereocenters. The molecular weight excluding hydrogens is 228 g/mol. The van der Waals surface area contributed by atoms with E-state index in [1.54, 1.807) is 5.19 Å². The van der Waals surface area contributed by atoms with Crippen molar-refractivity contribution in [1.29, 1.82) is 0 Å². The van der Waals surface area contributed by atoms with Crippen molar-refractivity contribution in [3.8, 4) is 0 Å². The largest absolute Gasteiger partial charge is 0.466 e. The molecule has 2 nitrogen and oxygen atoms in total. The highest BCUT2D eigenvalue weighted by molar-refractivity contribution is 6.54. The Labute approximate surface area is 106 Å². The van der Waals surface area contributed by atoms with E-state index in [1.807, 2.05) is 0 Å². The molecule has 0 amide bonds. The fourth-order valence-electron chi connectivity index (χ4n) is 1.93. The monoisotopic (exact) mass is 250 g/mol. The van der Waals surface area contributed by atoms with Crippen molar-refractivity contribution in [1.82, 2.24) is 0 Å². The Balaban J connectivity index is 2.09. The third-order valence-electron chi connectivity index (χ3n) is 2.82. The van der Waals surface area contributed by atoms with Gasteiger partial charge in [-0.2, -0.15) is 0 Å². The molecule has 0 fully saturated rings. The highest BCUT2D eigenvalue weighted by Crippen LogP contribution is 2.12. The highest BCUT2D eigenvalue weighted by Gasteiger charge is 2.04. The summed E-state index contributed by atoms with van der Waals surface area (Å²) in [6, 6.07) is 10.8. The standard InChI is InChI=1S/C14H22O2Si/c1-12(8-6-7-11-16-13(2)15)17-14-9-4-3-5-10-14/h3-5,9-10,12H,6-8,11,17H2,1-2H3. The van der Waals surface area contributed by atoms with Crippen LogP contribution in [0.3, 0.4) is 0 Å². The third kappa shape index (κ3) is 6.95. The summed E-state index contributed by atoms with van der Waals surface area (Å²) >= 11 is 0. The number of hydrogen-bond acceptors (Lipinski definition) is 2. The zero-order valence-corrected chi connectivity index (χ0v) is 12.2. The van der Waals surface area contributed by atoms with Gasteiger partial charge >= 0.3 is 5.97 Å². The SMILES string of the molecule is CC(=O)OCCCCC(C)[SiH2]c1ccccc1. The zero-order valence-electron chi connectivity index (χ0n) is 10.8. The first kappa shape index (κ1) is 14.0. The normalized spacial score (nSPS) is 12.8. The summed E-state index contributed by atoms with van der Waals surface area (Å²) in [6.45, 7) is 4.38. The van der Waals surface area contributed by atoms with E-state index < -0.39 is 0 Å². The van der Waals surface area contributed by atoms with Crippen molar-refractivity contribution < 1.29 is 9.53 Å². The van der Waals surface area contributed by atoms with Crippen molar-refractivity contribution >= 4 is 20.7 Å². The number of hydrogen-bond donors (Lipinski definition) is 0. The van der Waals surface area contributed by atoms with E-state index in [4.69, 9.17) is 4.74 Å². The second-order valence-corrected chi connectivity index (χ2v) is 7.25. The molecule has 1 atom stereocenters. The minimum absolute atomic E-state index is 0.145. The van der Waals surface area contributed by atoms with Crippen LogP contribution >= 0.6 is 0 Å². The fourth-order valence-corrected chi connectivity index (χ4v) is 3.77. The molecule has 1 aromatic carbocycles. The van der Waals surface area contributed by atoms with Gasteiger partial charge in [0.1, 0.15) is 0 Å². The Hall–Kier alpha value is -1.09. The van der Waals surface area contributed by atoms with E-state index >= 15 is 0 Å². The average molecular weight is 250 g/mol. The Morgan fingerprint density at radius 2 is 2.00 bits per heavy atom. The van der Waals surface area contributed by atoms with Crippen molar-refractivity contribution in [2.45, 2.75) is 38.7 Å². The molecule has 0 aliphatic carbocycles. The number of rotatable bonds is 7. The Kier molecular flexibility index (Phi) is 6.63. The molecule has 0 aromatic heterocycles. The molecule has 0 saturated heterocycles. The number of carbonyl (C=O) groups is 1. The van der Waals surface area contributed by atoms with E-state index in [2.05, 4.69) is 37.3 Å². The molecule has 0 aliphatic rings. The predicted octanol–water partition coefficient (Wildman–Crippen LogP) is 2.02. The van der Waals surface area contributed by atoms with E-state index in [0.717, 1.165) is 18.4 Å². The second-order valence-electron chi connectivity index (χ2n) is 4.63. The van der Waals surface area contributed by atoms with Gasteiger partial charge in [0.25, 0.3) is 0 Å². The number of esters is 1. The lowest BCUT2D eigenvalue weighted by molar-refractivity contribution is -0.141. The molecule has 3 heteroatoms. The second kappa shape index (κ2) is 8.07. The molecule has 0 saturated carbocycles. The predicted molar refractivity (Wildman–Crippen MR) is 74.5 cm³/mol. The summed E-state index contributed by atoms with van der Waals surface area (Å²) in [5.41, 5.74) is 0.828. The molecule has 1 rings (SSSR count). The number of ether oxygens (including phenoxy) is 1. The fraction of sp³-hybridized carbons (Fsp3) is 0.500. The first-order valence-corrected chi connectivity index (χ1v) is 7.88. The summed E-state index contributed by atoms with van der Waals surface area (Å²) in [6.07, 6.45) is 3.41. The quantitative estimate of drug-likeness (QED) is 0.420. The lowest BCUT2D eigenvalue weighted by atomic mass is 10.2. The first-order valence-electron chi connectivity index (χ1n) is 6.36.